The number of carbonyl (C=O) groups excluding carboxylic acids is 3. The topological polar surface area (TPSA) is 108 Å². The molecule has 9 heteroatoms. The standard InChI is InChI=1S/C24H35N3O5S/c1-6-8-13-25-21(29)20(18-12-10-9-11-17(18)7-2)27(14-15-28)22(30)19(16-33)26-23(31)32-24(3,4)5/h2,9-12,19-20,28,33H,6,8,13-16H2,1,3-5H3,(H,25,29)(H,26,31). The van der Waals surface area contributed by atoms with Crippen molar-refractivity contribution in [3.05, 3.63) is 35.4 Å². The fraction of sp³-hybridized carbons (Fsp3) is 0.542. The highest BCUT2D eigenvalue weighted by Crippen LogP contribution is 2.25. The van der Waals surface area contributed by atoms with Crippen LogP contribution in [0.4, 0.5) is 4.79 Å². The van der Waals surface area contributed by atoms with Crippen LogP contribution in [-0.4, -0.2) is 65.0 Å². The molecular weight excluding hydrogens is 442 g/mol. The summed E-state index contributed by atoms with van der Waals surface area (Å²) in [5.41, 5.74) is 0.143. The van der Waals surface area contributed by atoms with E-state index in [1.54, 1.807) is 45.0 Å². The van der Waals surface area contributed by atoms with Crippen LogP contribution in [0.15, 0.2) is 24.3 Å². The summed E-state index contributed by atoms with van der Waals surface area (Å²) in [6, 6.07) is 4.63. The van der Waals surface area contributed by atoms with Gasteiger partial charge in [0.1, 0.15) is 17.7 Å². The van der Waals surface area contributed by atoms with Gasteiger partial charge in [-0.15, -0.1) is 6.42 Å². The zero-order valence-electron chi connectivity index (χ0n) is 19.8. The highest BCUT2D eigenvalue weighted by molar-refractivity contribution is 7.80. The molecule has 8 nitrogen and oxygen atoms in total. The molecule has 0 aromatic heterocycles. The molecule has 0 spiro atoms. The summed E-state index contributed by atoms with van der Waals surface area (Å²) in [7, 11) is 0. The van der Waals surface area contributed by atoms with Crippen LogP contribution in [0.3, 0.4) is 0 Å². The van der Waals surface area contributed by atoms with Gasteiger partial charge in [-0.05, 0) is 38.8 Å². The second-order valence-corrected chi connectivity index (χ2v) is 8.78. The lowest BCUT2D eigenvalue weighted by atomic mass is 9.97. The lowest BCUT2D eigenvalue weighted by Gasteiger charge is -2.34. The largest absolute Gasteiger partial charge is 0.444 e. The molecule has 0 aliphatic carbocycles. The number of terminal acetylenes is 1. The molecule has 33 heavy (non-hydrogen) atoms. The molecule has 0 bridgehead atoms. The number of thiol groups is 1. The van der Waals surface area contributed by atoms with E-state index in [9.17, 15) is 19.5 Å². The van der Waals surface area contributed by atoms with Gasteiger partial charge in [-0.1, -0.05) is 37.5 Å². The highest BCUT2D eigenvalue weighted by atomic mass is 32.1. The first-order valence-corrected chi connectivity index (χ1v) is 11.6. The second-order valence-electron chi connectivity index (χ2n) is 8.42. The Bertz CT molecular complexity index is 847. The van der Waals surface area contributed by atoms with E-state index < -0.39 is 42.2 Å². The minimum Gasteiger partial charge on any atom is -0.444 e. The van der Waals surface area contributed by atoms with E-state index in [0.29, 0.717) is 17.7 Å². The number of rotatable bonds is 11. The third kappa shape index (κ3) is 8.98. The molecule has 0 aliphatic rings. The van der Waals surface area contributed by atoms with Gasteiger partial charge in [0.2, 0.25) is 11.8 Å². The third-order valence-corrected chi connectivity index (χ3v) is 4.96. The molecule has 3 N–H and O–H groups in total. The highest BCUT2D eigenvalue weighted by Gasteiger charge is 2.36. The number of hydrogen-bond acceptors (Lipinski definition) is 6. The van der Waals surface area contributed by atoms with Crippen LogP contribution in [-0.2, 0) is 14.3 Å². The van der Waals surface area contributed by atoms with E-state index >= 15 is 0 Å². The van der Waals surface area contributed by atoms with E-state index in [1.807, 2.05) is 6.92 Å². The number of aliphatic hydroxyl groups excluding tert-OH is 1. The number of benzene rings is 1. The zero-order chi connectivity index (χ0) is 25.0. The van der Waals surface area contributed by atoms with Gasteiger partial charge in [0.05, 0.1) is 6.61 Å². The number of aliphatic hydroxyl groups is 1. The van der Waals surface area contributed by atoms with E-state index in [2.05, 4.69) is 29.2 Å². The number of ether oxygens (including phenoxy) is 1. The molecule has 3 amide bonds. The maximum Gasteiger partial charge on any atom is 0.408 e. The monoisotopic (exact) mass is 477 g/mol. The lowest BCUT2D eigenvalue weighted by Crippen LogP contribution is -2.54. The Morgan fingerprint density at radius 1 is 1.27 bits per heavy atom. The quantitative estimate of drug-likeness (QED) is 0.222. The molecule has 2 atom stereocenters. The predicted molar refractivity (Wildman–Crippen MR) is 131 cm³/mol. The molecule has 0 heterocycles. The number of carbonyl (C=O) groups is 3. The summed E-state index contributed by atoms with van der Waals surface area (Å²) in [5.74, 6) is 1.49. The number of alkyl carbamates (subject to hydrolysis) is 1. The van der Waals surface area contributed by atoms with E-state index in [-0.39, 0.29) is 12.3 Å². The van der Waals surface area contributed by atoms with Gasteiger partial charge in [-0.2, -0.15) is 12.6 Å². The second kappa shape index (κ2) is 13.8. The molecule has 2 unspecified atom stereocenters. The normalized spacial score (nSPS) is 12.8. The molecule has 0 aliphatic heterocycles. The smallest absolute Gasteiger partial charge is 0.408 e. The van der Waals surface area contributed by atoms with Crippen molar-refractivity contribution in [3.63, 3.8) is 0 Å². The molecule has 1 rings (SSSR count). The van der Waals surface area contributed by atoms with E-state index in [4.69, 9.17) is 11.2 Å². The van der Waals surface area contributed by atoms with Gasteiger partial charge in [0.25, 0.3) is 0 Å². The molecular formula is C24H35N3O5S. The molecule has 182 valence electrons. The van der Waals surface area contributed by atoms with Gasteiger partial charge >= 0.3 is 6.09 Å². The van der Waals surface area contributed by atoms with Crippen molar-refractivity contribution in [3.8, 4) is 12.3 Å². The van der Waals surface area contributed by atoms with Gasteiger partial charge < -0.3 is 25.4 Å². The lowest BCUT2D eigenvalue weighted by molar-refractivity contribution is -0.142. The molecule has 0 saturated carbocycles. The Morgan fingerprint density at radius 3 is 2.48 bits per heavy atom. The van der Waals surface area contributed by atoms with Gasteiger partial charge in [0, 0.05) is 24.4 Å². The first-order valence-electron chi connectivity index (χ1n) is 10.9. The van der Waals surface area contributed by atoms with Crippen LogP contribution in [0.2, 0.25) is 0 Å². The molecule has 0 saturated heterocycles. The summed E-state index contributed by atoms with van der Waals surface area (Å²) in [4.78, 5) is 40.2. The molecule has 0 radical (unpaired) electrons. The SMILES string of the molecule is C#Cc1ccccc1C(C(=O)NCCCC)N(CCO)C(=O)C(CS)NC(=O)OC(C)(C)C. The van der Waals surface area contributed by atoms with Crippen LogP contribution in [0, 0.1) is 12.3 Å². The Hall–Kier alpha value is -2.70. The summed E-state index contributed by atoms with van der Waals surface area (Å²) in [6.45, 7) is 6.99. The first kappa shape index (κ1) is 28.3. The Balaban J connectivity index is 3.36. The molecule has 1 aromatic rings. The maximum atomic E-state index is 13.5. The third-order valence-electron chi connectivity index (χ3n) is 4.60. The van der Waals surface area contributed by atoms with Crippen LogP contribution in [0.1, 0.15) is 57.7 Å². The summed E-state index contributed by atoms with van der Waals surface area (Å²) < 4.78 is 5.24. The maximum absolute atomic E-state index is 13.5. The predicted octanol–water partition coefficient (Wildman–Crippen LogP) is 2.27. The van der Waals surface area contributed by atoms with Crippen molar-refractivity contribution < 1.29 is 24.2 Å². The molecule has 1 aromatic carbocycles. The minimum absolute atomic E-state index is 0.0407. The van der Waals surface area contributed by atoms with Crippen LogP contribution in [0.25, 0.3) is 0 Å². The van der Waals surface area contributed by atoms with Crippen LogP contribution in [0.5, 0.6) is 0 Å². The van der Waals surface area contributed by atoms with Crippen molar-refractivity contribution in [2.75, 3.05) is 25.4 Å². The fourth-order valence-electron chi connectivity index (χ4n) is 3.11. The van der Waals surface area contributed by atoms with Gasteiger partial charge in [0.15, 0.2) is 0 Å². The van der Waals surface area contributed by atoms with Crippen molar-refractivity contribution in [1.82, 2.24) is 15.5 Å². The van der Waals surface area contributed by atoms with Crippen LogP contribution >= 0.6 is 12.6 Å². The average molecular weight is 478 g/mol. The Morgan fingerprint density at radius 2 is 1.94 bits per heavy atom. The number of amides is 3. The van der Waals surface area contributed by atoms with Crippen molar-refractivity contribution in [1.29, 1.82) is 0 Å². The van der Waals surface area contributed by atoms with E-state index in [1.165, 1.54) is 4.90 Å². The van der Waals surface area contributed by atoms with E-state index in [0.717, 1.165) is 12.8 Å². The number of nitrogens with one attached hydrogen (secondary N) is 2. The van der Waals surface area contributed by atoms with Gasteiger partial charge in [-0.3, -0.25) is 9.59 Å². The summed E-state index contributed by atoms with van der Waals surface area (Å²) in [6.07, 6.45) is 6.51. The van der Waals surface area contributed by atoms with Crippen molar-refractivity contribution in [2.24, 2.45) is 0 Å². The van der Waals surface area contributed by atoms with Gasteiger partial charge in [-0.25, -0.2) is 4.79 Å². The van der Waals surface area contributed by atoms with Crippen molar-refractivity contribution >= 4 is 30.5 Å². The first-order chi connectivity index (χ1) is 15.6. The number of hydrogen-bond donors (Lipinski definition) is 4. The number of unbranched alkanes of at least 4 members (excludes halogenated alkanes) is 1. The zero-order valence-corrected chi connectivity index (χ0v) is 20.7. The Labute approximate surface area is 201 Å². The Kier molecular flexibility index (Phi) is 11.8. The minimum atomic E-state index is -1.10. The van der Waals surface area contributed by atoms with Crippen LogP contribution < -0.4 is 10.6 Å². The van der Waals surface area contributed by atoms with Crippen molar-refractivity contribution in [2.45, 2.75) is 58.2 Å². The number of nitrogens with zero attached hydrogens (tertiary/aromatic N) is 1. The molecule has 0 fully saturated rings. The average Bonchev–Trinajstić information content (AvgIpc) is 2.76. The summed E-state index contributed by atoms with van der Waals surface area (Å²) in [5, 5.41) is 15.0. The summed E-state index contributed by atoms with van der Waals surface area (Å²) >= 11 is 4.21. The fourth-order valence-corrected chi connectivity index (χ4v) is 3.36.